The van der Waals surface area contributed by atoms with Crippen LogP contribution in [0.25, 0.3) is 33.3 Å². The molecule has 0 bridgehead atoms. The smallest absolute Gasteiger partial charge is 0.227 e. The van der Waals surface area contributed by atoms with E-state index in [1.54, 1.807) is 0 Å². The van der Waals surface area contributed by atoms with Gasteiger partial charge in [-0.25, -0.2) is 4.98 Å². The fourth-order valence-electron chi connectivity index (χ4n) is 3.66. The van der Waals surface area contributed by atoms with Crippen LogP contribution >= 0.6 is 0 Å². The van der Waals surface area contributed by atoms with Gasteiger partial charge in [-0.1, -0.05) is 26.0 Å². The highest BCUT2D eigenvalue weighted by atomic mass is 16.3. The molecule has 0 saturated carbocycles. The number of para-hydroxylation sites is 1. The predicted molar refractivity (Wildman–Crippen MR) is 108 cm³/mol. The third-order valence-corrected chi connectivity index (χ3v) is 5.14. The summed E-state index contributed by atoms with van der Waals surface area (Å²) in [5.74, 6) is 0.173. The predicted octanol–water partition coefficient (Wildman–Crippen LogP) is 6.56. The zero-order valence-electron chi connectivity index (χ0n) is 18.3. The van der Waals surface area contributed by atoms with E-state index in [1.165, 1.54) is 6.20 Å². The van der Waals surface area contributed by atoms with Gasteiger partial charge in [-0.2, -0.15) is 0 Å². The van der Waals surface area contributed by atoms with Crippen LogP contribution in [0.15, 0.2) is 47.0 Å². The number of rotatable bonds is 4. The molecule has 0 aliphatic heterocycles. The van der Waals surface area contributed by atoms with Crippen LogP contribution in [0.2, 0.25) is 0 Å². The lowest BCUT2D eigenvalue weighted by atomic mass is 9.90. The quantitative estimate of drug-likeness (QED) is 0.419. The maximum atomic E-state index is 7.92. The van der Waals surface area contributed by atoms with Gasteiger partial charge in [-0.15, -0.1) is 0 Å². The molecule has 3 aromatic heterocycles. The number of aryl methyl sites for hydroxylation is 2. The number of hydrogen-bond acceptors (Lipinski definition) is 3. The minimum atomic E-state index is -2.18. The lowest BCUT2D eigenvalue weighted by Gasteiger charge is -2.16. The normalized spacial score (nSPS) is 13.9. The second-order valence-electron chi connectivity index (χ2n) is 6.76. The van der Waals surface area contributed by atoms with Crippen LogP contribution in [0.3, 0.4) is 0 Å². The first-order valence-electron chi connectivity index (χ1n) is 10.6. The van der Waals surface area contributed by atoms with Crippen LogP contribution in [-0.4, -0.2) is 9.97 Å². The molecule has 0 saturated heterocycles. The Bertz CT molecular complexity index is 1190. The Morgan fingerprint density at radius 1 is 1.12 bits per heavy atom. The first kappa shape index (κ1) is 13.5. The molecule has 0 aliphatic rings. The number of nitrogens with zero attached hydrogens (tertiary/aromatic N) is 2. The molecule has 3 nitrogen and oxygen atoms in total. The van der Waals surface area contributed by atoms with Crippen molar-refractivity contribution in [2.24, 2.45) is 0 Å². The number of fused-ring (bicyclic) bond motifs is 3. The fraction of sp³-hybridized carbons (Fsp3) is 0.304. The van der Waals surface area contributed by atoms with E-state index in [9.17, 15) is 0 Å². The molecule has 3 heteroatoms. The molecule has 0 radical (unpaired) electrons. The minimum absolute atomic E-state index is 0.173. The van der Waals surface area contributed by atoms with Gasteiger partial charge in [0.15, 0.2) is 0 Å². The summed E-state index contributed by atoms with van der Waals surface area (Å²) >= 11 is 0. The Balaban J connectivity index is 1.96. The van der Waals surface area contributed by atoms with Crippen molar-refractivity contribution in [2.45, 2.75) is 46.4 Å². The van der Waals surface area contributed by atoms with Crippen molar-refractivity contribution in [1.29, 1.82) is 0 Å². The van der Waals surface area contributed by atoms with Gasteiger partial charge < -0.3 is 4.42 Å². The number of aromatic nitrogens is 2. The molecule has 0 fully saturated rings. The van der Waals surface area contributed by atoms with Gasteiger partial charge in [-0.3, -0.25) is 4.98 Å². The van der Waals surface area contributed by atoms with Crippen LogP contribution < -0.4 is 0 Å². The number of hydrogen-bond donors (Lipinski definition) is 0. The van der Waals surface area contributed by atoms with Crippen molar-refractivity contribution >= 4 is 22.1 Å². The van der Waals surface area contributed by atoms with E-state index in [0.29, 0.717) is 11.3 Å². The number of benzene rings is 1. The Labute approximate surface area is 158 Å². The van der Waals surface area contributed by atoms with Gasteiger partial charge in [0.25, 0.3) is 0 Å². The summed E-state index contributed by atoms with van der Waals surface area (Å²) in [7, 11) is 0. The Kier molecular flexibility index (Phi) is 3.41. The summed E-state index contributed by atoms with van der Waals surface area (Å²) in [6.45, 7) is 3.93. The monoisotopic (exact) mass is 347 g/mol. The lowest BCUT2D eigenvalue weighted by molar-refractivity contribution is 0.637. The maximum Gasteiger partial charge on any atom is 0.227 e. The standard InChI is InChI=1S/C23H24N2O/c1-5-16(6-2)20-12-21(24-13-14(20)3)19-9-7-8-17-18-11-10-15(4)25-23(18)26-22(17)19/h7-13,16H,5-6H2,1-4H3/i3D3. The SMILES string of the molecule is [2H]C([2H])([2H])c1cnc(-c2cccc3c2oc2nc(C)ccc23)cc1C(CC)CC. The second kappa shape index (κ2) is 6.56. The third-order valence-electron chi connectivity index (χ3n) is 5.14. The van der Waals surface area contributed by atoms with Crippen molar-refractivity contribution in [3.05, 3.63) is 59.4 Å². The average Bonchev–Trinajstić information content (AvgIpc) is 3.05. The third kappa shape index (κ3) is 2.68. The van der Waals surface area contributed by atoms with Crippen molar-refractivity contribution in [3.8, 4) is 11.3 Å². The molecule has 0 spiro atoms. The highest BCUT2D eigenvalue weighted by molar-refractivity contribution is 6.08. The van der Waals surface area contributed by atoms with E-state index in [0.717, 1.165) is 51.7 Å². The molecular weight excluding hydrogens is 320 g/mol. The summed E-state index contributed by atoms with van der Waals surface area (Å²) in [5, 5.41) is 1.95. The van der Waals surface area contributed by atoms with Crippen LogP contribution in [0, 0.1) is 13.8 Å². The van der Waals surface area contributed by atoms with Gasteiger partial charge in [0.1, 0.15) is 5.58 Å². The van der Waals surface area contributed by atoms with E-state index in [-0.39, 0.29) is 5.92 Å². The average molecular weight is 347 g/mol. The molecule has 1 aromatic carbocycles. The van der Waals surface area contributed by atoms with Gasteiger partial charge in [0.2, 0.25) is 5.71 Å². The zero-order chi connectivity index (χ0) is 20.8. The van der Waals surface area contributed by atoms with Crippen molar-refractivity contribution in [3.63, 3.8) is 0 Å². The van der Waals surface area contributed by atoms with E-state index < -0.39 is 6.85 Å². The van der Waals surface area contributed by atoms with Crippen molar-refractivity contribution in [2.75, 3.05) is 0 Å². The Morgan fingerprint density at radius 2 is 1.96 bits per heavy atom. The van der Waals surface area contributed by atoms with Crippen LogP contribution in [0.1, 0.15) is 53.5 Å². The van der Waals surface area contributed by atoms with E-state index in [2.05, 4.69) is 23.8 Å². The largest absolute Gasteiger partial charge is 0.437 e. The van der Waals surface area contributed by atoms with Crippen LogP contribution in [0.5, 0.6) is 0 Å². The number of furan rings is 1. The molecule has 0 N–H and O–H groups in total. The summed E-state index contributed by atoms with van der Waals surface area (Å²) in [5.41, 5.74) is 4.99. The minimum Gasteiger partial charge on any atom is -0.437 e. The zero-order valence-corrected chi connectivity index (χ0v) is 15.3. The Hall–Kier alpha value is -2.68. The first-order valence-corrected chi connectivity index (χ1v) is 9.13. The fourth-order valence-corrected chi connectivity index (χ4v) is 3.66. The summed E-state index contributed by atoms with van der Waals surface area (Å²) in [6, 6.07) is 11.9. The first-order chi connectivity index (χ1) is 13.8. The molecule has 0 aliphatic carbocycles. The Morgan fingerprint density at radius 3 is 2.73 bits per heavy atom. The molecule has 0 atom stereocenters. The van der Waals surface area contributed by atoms with Crippen LogP contribution in [0.4, 0.5) is 0 Å². The molecule has 0 amide bonds. The van der Waals surface area contributed by atoms with Crippen molar-refractivity contribution in [1.82, 2.24) is 9.97 Å². The lowest BCUT2D eigenvalue weighted by Crippen LogP contribution is -2.00. The summed E-state index contributed by atoms with van der Waals surface area (Å²) < 4.78 is 29.9. The van der Waals surface area contributed by atoms with Gasteiger partial charge in [0.05, 0.1) is 5.69 Å². The molecule has 3 heterocycles. The molecule has 4 aromatic rings. The molecule has 0 unspecified atom stereocenters. The summed E-state index contributed by atoms with van der Waals surface area (Å²) in [6.07, 6.45) is 3.27. The van der Waals surface area contributed by atoms with Gasteiger partial charge in [-0.05, 0) is 67.9 Å². The molecule has 26 heavy (non-hydrogen) atoms. The van der Waals surface area contributed by atoms with Crippen molar-refractivity contribution < 1.29 is 8.53 Å². The van der Waals surface area contributed by atoms with E-state index >= 15 is 0 Å². The second-order valence-corrected chi connectivity index (χ2v) is 6.76. The summed E-state index contributed by atoms with van der Waals surface area (Å²) in [4.78, 5) is 9.03. The highest BCUT2D eigenvalue weighted by Gasteiger charge is 2.16. The highest BCUT2D eigenvalue weighted by Crippen LogP contribution is 2.36. The van der Waals surface area contributed by atoms with Crippen LogP contribution in [-0.2, 0) is 0 Å². The number of pyridine rings is 2. The molecular formula is C23H24N2O. The van der Waals surface area contributed by atoms with Gasteiger partial charge >= 0.3 is 0 Å². The maximum absolute atomic E-state index is 7.92. The molecule has 4 rings (SSSR count). The van der Waals surface area contributed by atoms with E-state index in [1.807, 2.05) is 43.3 Å². The molecule has 132 valence electrons. The van der Waals surface area contributed by atoms with Gasteiger partial charge in [0, 0.05) is 32.3 Å². The van der Waals surface area contributed by atoms with E-state index in [4.69, 9.17) is 8.53 Å². The topological polar surface area (TPSA) is 38.9 Å².